The van der Waals surface area contributed by atoms with Crippen LogP contribution in [0.2, 0.25) is 10.0 Å². The van der Waals surface area contributed by atoms with E-state index in [4.69, 9.17) is 32.7 Å². The van der Waals surface area contributed by atoms with Crippen molar-refractivity contribution in [1.82, 2.24) is 10.9 Å². The zero-order valence-corrected chi connectivity index (χ0v) is 18.2. The van der Waals surface area contributed by atoms with Crippen LogP contribution in [0.4, 0.5) is 0 Å². The Hall–Kier alpha value is -1.96. The van der Waals surface area contributed by atoms with Crippen LogP contribution in [0, 0.1) is 0 Å². The van der Waals surface area contributed by atoms with Crippen molar-refractivity contribution in [3.63, 3.8) is 0 Å². The molecule has 0 spiro atoms. The van der Waals surface area contributed by atoms with Gasteiger partial charge in [-0.2, -0.15) is 0 Å². The van der Waals surface area contributed by atoms with E-state index in [2.05, 4.69) is 26.8 Å². The van der Waals surface area contributed by atoms with Gasteiger partial charge in [-0.15, -0.1) is 0 Å². The molecule has 0 unspecified atom stereocenters. The van der Waals surface area contributed by atoms with E-state index < -0.39 is 5.91 Å². The number of hydrazine groups is 1. The molecule has 0 aromatic heterocycles. The van der Waals surface area contributed by atoms with Crippen LogP contribution in [0.5, 0.6) is 11.5 Å². The summed E-state index contributed by atoms with van der Waals surface area (Å²) < 4.78 is 11.6. The van der Waals surface area contributed by atoms with E-state index >= 15 is 0 Å². The fourth-order valence-corrected chi connectivity index (χ4v) is 3.14. The van der Waals surface area contributed by atoms with Gasteiger partial charge < -0.3 is 9.47 Å². The molecule has 0 aliphatic rings. The van der Waals surface area contributed by atoms with Gasteiger partial charge in [0, 0.05) is 17.0 Å². The smallest absolute Gasteiger partial charge is 0.269 e. The number of amides is 2. The first-order valence-electron chi connectivity index (χ1n) is 8.50. The minimum atomic E-state index is -0.429. The molecular weight excluding hydrogens is 471 g/mol. The van der Waals surface area contributed by atoms with Crippen molar-refractivity contribution in [1.29, 1.82) is 0 Å². The third-order valence-corrected chi connectivity index (χ3v) is 4.66. The van der Waals surface area contributed by atoms with Gasteiger partial charge in [0.1, 0.15) is 11.5 Å². The second-order valence-corrected chi connectivity index (χ2v) is 7.31. The van der Waals surface area contributed by atoms with Crippen LogP contribution in [0.25, 0.3) is 0 Å². The molecule has 2 N–H and O–H groups in total. The third kappa shape index (κ3) is 6.89. The Kier molecular flexibility index (Phi) is 8.89. The highest BCUT2D eigenvalue weighted by Gasteiger charge is 2.10. The predicted molar refractivity (Wildman–Crippen MR) is 112 cm³/mol. The number of halogens is 3. The quantitative estimate of drug-likeness (QED) is 0.413. The van der Waals surface area contributed by atoms with Crippen LogP contribution in [0.15, 0.2) is 40.9 Å². The van der Waals surface area contributed by atoms with E-state index in [1.54, 1.807) is 36.4 Å². The molecule has 0 fully saturated rings. The van der Waals surface area contributed by atoms with Gasteiger partial charge >= 0.3 is 0 Å². The molecule has 0 aliphatic heterocycles. The Labute approximate surface area is 181 Å². The topological polar surface area (TPSA) is 76.7 Å². The van der Waals surface area contributed by atoms with E-state index in [9.17, 15) is 9.59 Å². The number of carbonyl (C=O) groups is 2. The Morgan fingerprint density at radius 2 is 1.79 bits per heavy atom. The zero-order valence-electron chi connectivity index (χ0n) is 15.1. The van der Waals surface area contributed by atoms with Crippen molar-refractivity contribution in [3.8, 4) is 11.5 Å². The van der Waals surface area contributed by atoms with Crippen LogP contribution in [-0.4, -0.2) is 25.0 Å². The molecule has 2 amide bonds. The fraction of sp³-hybridized carbons (Fsp3) is 0.263. The summed E-state index contributed by atoms with van der Waals surface area (Å²) >= 11 is 15.2. The lowest BCUT2D eigenvalue weighted by Crippen LogP contribution is -2.41. The SMILES string of the molecule is CCOc1ccc(C(=O)NNC(=O)CCCOc2ccc(Cl)cc2Cl)cc1Br. The van der Waals surface area contributed by atoms with Gasteiger partial charge in [0.2, 0.25) is 5.91 Å². The average molecular weight is 490 g/mol. The minimum Gasteiger partial charge on any atom is -0.493 e. The highest BCUT2D eigenvalue weighted by atomic mass is 79.9. The van der Waals surface area contributed by atoms with Gasteiger partial charge in [0.05, 0.1) is 22.7 Å². The molecule has 6 nitrogen and oxygen atoms in total. The second kappa shape index (κ2) is 11.1. The first-order valence-corrected chi connectivity index (χ1v) is 10.0. The van der Waals surface area contributed by atoms with Crippen LogP contribution in [-0.2, 0) is 4.79 Å². The number of benzene rings is 2. The molecule has 2 rings (SSSR count). The maximum Gasteiger partial charge on any atom is 0.269 e. The summed E-state index contributed by atoms with van der Waals surface area (Å²) in [5.41, 5.74) is 5.13. The minimum absolute atomic E-state index is 0.179. The molecule has 9 heteroatoms. The van der Waals surface area contributed by atoms with Crippen molar-refractivity contribution >= 4 is 50.9 Å². The summed E-state index contributed by atoms with van der Waals surface area (Å²) in [6, 6.07) is 9.84. The summed E-state index contributed by atoms with van der Waals surface area (Å²) in [5.74, 6) is 0.384. The average Bonchev–Trinajstić information content (AvgIpc) is 2.66. The first-order chi connectivity index (χ1) is 13.4. The van der Waals surface area contributed by atoms with Crippen molar-refractivity contribution in [2.24, 2.45) is 0 Å². The Morgan fingerprint density at radius 3 is 2.46 bits per heavy atom. The molecule has 2 aromatic rings. The molecule has 0 bridgehead atoms. The summed E-state index contributed by atoms with van der Waals surface area (Å²) in [5, 5.41) is 0.928. The van der Waals surface area contributed by atoms with Gasteiger partial charge in [-0.1, -0.05) is 23.2 Å². The third-order valence-electron chi connectivity index (χ3n) is 3.51. The molecule has 150 valence electrons. The molecule has 0 atom stereocenters. The number of hydrogen-bond acceptors (Lipinski definition) is 4. The summed E-state index contributed by atoms with van der Waals surface area (Å²) in [6.45, 7) is 2.69. The monoisotopic (exact) mass is 488 g/mol. The standard InChI is InChI=1S/C19H19BrCl2N2O4/c1-2-27-16-7-5-12(10-14(16)20)19(26)24-23-18(25)4-3-9-28-17-8-6-13(21)11-15(17)22/h5-8,10-11H,2-4,9H2,1H3,(H,23,25)(H,24,26). The van der Waals surface area contributed by atoms with Crippen LogP contribution in [0.3, 0.4) is 0 Å². The van der Waals surface area contributed by atoms with Gasteiger partial charge in [-0.3, -0.25) is 20.4 Å². The van der Waals surface area contributed by atoms with Crippen LogP contribution < -0.4 is 20.3 Å². The normalized spacial score (nSPS) is 10.3. The highest BCUT2D eigenvalue weighted by molar-refractivity contribution is 9.10. The van der Waals surface area contributed by atoms with Gasteiger partial charge in [0.25, 0.3) is 5.91 Å². The lowest BCUT2D eigenvalue weighted by Gasteiger charge is -2.10. The summed E-state index contributed by atoms with van der Waals surface area (Å²) in [6.07, 6.45) is 0.633. The molecule has 0 aliphatic carbocycles. The molecule has 0 saturated carbocycles. The molecule has 0 radical (unpaired) electrons. The summed E-state index contributed by atoms with van der Waals surface area (Å²) in [7, 11) is 0. The van der Waals surface area contributed by atoms with Crippen molar-refractivity contribution in [3.05, 3.63) is 56.5 Å². The lowest BCUT2D eigenvalue weighted by atomic mass is 10.2. The van der Waals surface area contributed by atoms with Crippen molar-refractivity contribution in [2.45, 2.75) is 19.8 Å². The highest BCUT2D eigenvalue weighted by Crippen LogP contribution is 2.27. The van der Waals surface area contributed by atoms with Crippen LogP contribution in [0.1, 0.15) is 30.1 Å². The lowest BCUT2D eigenvalue weighted by molar-refractivity contribution is -0.122. The molecule has 28 heavy (non-hydrogen) atoms. The van der Waals surface area contributed by atoms with E-state index in [0.717, 1.165) is 0 Å². The number of hydrogen-bond donors (Lipinski definition) is 2. The Bertz CT molecular complexity index is 849. The molecule has 0 saturated heterocycles. The number of nitrogens with one attached hydrogen (secondary N) is 2. The predicted octanol–water partition coefficient (Wildman–Crippen LogP) is 4.77. The van der Waals surface area contributed by atoms with E-state index in [0.29, 0.717) is 51.2 Å². The summed E-state index contributed by atoms with van der Waals surface area (Å²) in [4.78, 5) is 24.0. The van der Waals surface area contributed by atoms with E-state index in [1.807, 2.05) is 6.92 Å². The van der Waals surface area contributed by atoms with Gasteiger partial charge in [-0.05, 0) is 65.7 Å². The maximum absolute atomic E-state index is 12.1. The number of ether oxygens (including phenoxy) is 2. The maximum atomic E-state index is 12.1. The van der Waals surface area contributed by atoms with E-state index in [-0.39, 0.29) is 12.3 Å². The first kappa shape index (κ1) is 22.3. The molecular formula is C19H19BrCl2N2O4. The van der Waals surface area contributed by atoms with Gasteiger partial charge in [0.15, 0.2) is 0 Å². The van der Waals surface area contributed by atoms with Gasteiger partial charge in [-0.25, -0.2) is 0 Å². The largest absolute Gasteiger partial charge is 0.493 e. The van der Waals surface area contributed by atoms with Crippen molar-refractivity contribution < 1.29 is 19.1 Å². The fourth-order valence-electron chi connectivity index (χ4n) is 2.18. The zero-order chi connectivity index (χ0) is 20.5. The van der Waals surface area contributed by atoms with Crippen LogP contribution >= 0.6 is 39.1 Å². The molecule has 2 aromatic carbocycles. The second-order valence-electron chi connectivity index (χ2n) is 5.61. The van der Waals surface area contributed by atoms with Crippen molar-refractivity contribution in [2.75, 3.05) is 13.2 Å². The molecule has 0 heterocycles. The Morgan fingerprint density at radius 1 is 1.04 bits per heavy atom. The number of carbonyl (C=O) groups excluding carboxylic acids is 2. The Balaban J connectivity index is 1.71. The number of rotatable bonds is 8. The van der Waals surface area contributed by atoms with E-state index in [1.165, 1.54) is 0 Å².